The molecule has 0 amide bonds. The number of hydrogen-bond acceptors (Lipinski definition) is 5. The van der Waals surface area contributed by atoms with E-state index in [1.54, 1.807) is 0 Å². The fourth-order valence-corrected chi connectivity index (χ4v) is 1.03. The minimum Gasteiger partial charge on any atom is -0.394 e. The first kappa shape index (κ1) is 19.1. The van der Waals surface area contributed by atoms with Gasteiger partial charge in [0.15, 0.2) is 0 Å². The molecule has 0 heterocycles. The molecule has 3 N–H and O–H groups in total. The molecule has 0 rings (SSSR count). The first-order valence-corrected chi connectivity index (χ1v) is 6.31. The minimum absolute atomic E-state index is 0.0278. The van der Waals surface area contributed by atoms with Crippen molar-refractivity contribution in [3.63, 3.8) is 0 Å². The van der Waals surface area contributed by atoms with E-state index in [1.807, 2.05) is 0 Å². The Kier molecular flexibility index (Phi) is 23.8. The SMILES string of the molecule is CCCCCCOCCO.OCCOCCO. The van der Waals surface area contributed by atoms with Crippen molar-refractivity contribution in [3.05, 3.63) is 0 Å². The number of aliphatic hydroxyl groups is 3. The lowest BCUT2D eigenvalue weighted by atomic mass is 10.2. The van der Waals surface area contributed by atoms with Gasteiger partial charge < -0.3 is 24.8 Å². The van der Waals surface area contributed by atoms with Crippen LogP contribution in [0.2, 0.25) is 0 Å². The molecule has 0 aromatic heterocycles. The normalized spacial score (nSPS) is 9.88. The molecule has 0 aromatic carbocycles. The lowest BCUT2D eigenvalue weighted by Gasteiger charge is -2.00. The van der Waals surface area contributed by atoms with Crippen molar-refractivity contribution in [2.24, 2.45) is 0 Å². The van der Waals surface area contributed by atoms with E-state index in [1.165, 1.54) is 19.3 Å². The third-order valence-electron chi connectivity index (χ3n) is 1.85. The number of rotatable bonds is 11. The Balaban J connectivity index is 0. The van der Waals surface area contributed by atoms with Crippen LogP contribution in [0.15, 0.2) is 0 Å². The molecule has 0 aliphatic heterocycles. The number of hydrogen-bond donors (Lipinski definition) is 3. The first-order chi connectivity index (χ1) is 8.33. The smallest absolute Gasteiger partial charge is 0.0698 e. The van der Waals surface area contributed by atoms with Gasteiger partial charge in [0.1, 0.15) is 0 Å². The molecule has 5 nitrogen and oxygen atoms in total. The third-order valence-corrected chi connectivity index (χ3v) is 1.85. The lowest BCUT2D eigenvalue weighted by molar-refractivity contribution is 0.0650. The highest BCUT2D eigenvalue weighted by molar-refractivity contribution is 4.38. The van der Waals surface area contributed by atoms with Crippen LogP contribution in [0.25, 0.3) is 0 Å². The fraction of sp³-hybridized carbons (Fsp3) is 1.00. The Bertz CT molecular complexity index is 99.1. The zero-order chi connectivity index (χ0) is 13.2. The van der Waals surface area contributed by atoms with E-state index < -0.39 is 0 Å². The van der Waals surface area contributed by atoms with Crippen molar-refractivity contribution >= 4 is 0 Å². The first-order valence-electron chi connectivity index (χ1n) is 6.31. The molecule has 106 valence electrons. The maximum Gasteiger partial charge on any atom is 0.0698 e. The molecule has 17 heavy (non-hydrogen) atoms. The zero-order valence-electron chi connectivity index (χ0n) is 10.9. The van der Waals surface area contributed by atoms with E-state index in [0.29, 0.717) is 19.8 Å². The van der Waals surface area contributed by atoms with Crippen molar-refractivity contribution < 1.29 is 24.8 Å². The minimum atomic E-state index is 0.0278. The number of unbranched alkanes of at least 4 members (excludes halogenated alkanes) is 3. The summed E-state index contributed by atoms with van der Waals surface area (Å²) in [6.07, 6.45) is 4.94. The Morgan fingerprint density at radius 3 is 1.53 bits per heavy atom. The second-order valence-electron chi connectivity index (χ2n) is 3.46. The van der Waals surface area contributed by atoms with Gasteiger partial charge in [-0.05, 0) is 6.42 Å². The van der Waals surface area contributed by atoms with Crippen LogP contribution in [0, 0.1) is 0 Å². The van der Waals surface area contributed by atoms with Crippen LogP contribution in [0.4, 0.5) is 0 Å². The molecule has 0 fully saturated rings. The Hall–Kier alpha value is -0.200. The molecule has 0 bridgehead atoms. The lowest BCUT2D eigenvalue weighted by Crippen LogP contribution is -2.03. The highest BCUT2D eigenvalue weighted by atomic mass is 16.5. The summed E-state index contributed by atoms with van der Waals surface area (Å²) < 4.78 is 9.71. The van der Waals surface area contributed by atoms with Crippen LogP contribution in [0.3, 0.4) is 0 Å². The predicted octanol–water partition coefficient (Wildman–Crippen LogP) is 0.563. The molecule has 0 aliphatic carbocycles. The molecule has 0 saturated carbocycles. The summed E-state index contributed by atoms with van der Waals surface area (Å²) in [6, 6.07) is 0. The second-order valence-corrected chi connectivity index (χ2v) is 3.46. The van der Waals surface area contributed by atoms with Gasteiger partial charge in [-0.15, -0.1) is 0 Å². The number of ether oxygens (including phenoxy) is 2. The summed E-state index contributed by atoms with van der Waals surface area (Å²) in [5.74, 6) is 0. The third kappa shape index (κ3) is 25.8. The van der Waals surface area contributed by atoms with Crippen LogP contribution in [-0.2, 0) is 9.47 Å². The topological polar surface area (TPSA) is 79.2 Å². The largest absolute Gasteiger partial charge is 0.394 e. The van der Waals surface area contributed by atoms with Gasteiger partial charge in [0, 0.05) is 6.61 Å². The van der Waals surface area contributed by atoms with Crippen LogP contribution in [-0.4, -0.2) is 61.6 Å². The summed E-state index contributed by atoms with van der Waals surface area (Å²) in [7, 11) is 0. The van der Waals surface area contributed by atoms with E-state index in [4.69, 9.17) is 20.1 Å². The van der Waals surface area contributed by atoms with E-state index >= 15 is 0 Å². The van der Waals surface area contributed by atoms with Gasteiger partial charge in [-0.3, -0.25) is 0 Å². The summed E-state index contributed by atoms with van der Waals surface area (Å²) >= 11 is 0. The summed E-state index contributed by atoms with van der Waals surface area (Å²) in [4.78, 5) is 0. The van der Waals surface area contributed by atoms with Crippen molar-refractivity contribution in [1.29, 1.82) is 0 Å². The number of aliphatic hydroxyl groups excluding tert-OH is 3. The van der Waals surface area contributed by atoms with Gasteiger partial charge >= 0.3 is 0 Å². The summed E-state index contributed by atoms with van der Waals surface area (Å²) in [6.45, 7) is 4.33. The van der Waals surface area contributed by atoms with E-state index in [2.05, 4.69) is 11.7 Å². The van der Waals surface area contributed by atoms with Crippen molar-refractivity contribution in [2.45, 2.75) is 32.6 Å². The highest BCUT2D eigenvalue weighted by Crippen LogP contribution is 1.98. The fourth-order valence-electron chi connectivity index (χ4n) is 1.03. The van der Waals surface area contributed by atoms with Crippen LogP contribution in [0.1, 0.15) is 32.6 Å². The second kappa shape index (κ2) is 21.1. The molecule has 0 saturated heterocycles. The van der Waals surface area contributed by atoms with Gasteiger partial charge in [0.25, 0.3) is 0 Å². The van der Waals surface area contributed by atoms with Gasteiger partial charge in [0.2, 0.25) is 0 Å². The monoisotopic (exact) mass is 252 g/mol. The van der Waals surface area contributed by atoms with Crippen LogP contribution < -0.4 is 0 Å². The van der Waals surface area contributed by atoms with Gasteiger partial charge in [0.05, 0.1) is 39.6 Å². The summed E-state index contributed by atoms with van der Waals surface area (Å²) in [5.41, 5.74) is 0. The Morgan fingerprint density at radius 2 is 1.12 bits per heavy atom. The highest BCUT2D eigenvalue weighted by Gasteiger charge is 1.87. The molecule has 0 aliphatic rings. The molecular weight excluding hydrogens is 224 g/mol. The average molecular weight is 252 g/mol. The molecule has 5 heteroatoms. The van der Waals surface area contributed by atoms with Crippen molar-refractivity contribution in [2.75, 3.05) is 46.2 Å². The van der Waals surface area contributed by atoms with Crippen molar-refractivity contribution in [3.8, 4) is 0 Å². The van der Waals surface area contributed by atoms with Crippen LogP contribution >= 0.6 is 0 Å². The van der Waals surface area contributed by atoms with E-state index in [9.17, 15) is 0 Å². The maximum atomic E-state index is 8.34. The van der Waals surface area contributed by atoms with Gasteiger partial charge in [-0.1, -0.05) is 26.2 Å². The van der Waals surface area contributed by atoms with Crippen LogP contribution in [0.5, 0.6) is 0 Å². The quantitative estimate of drug-likeness (QED) is 0.468. The standard InChI is InChI=1S/C8H18O2.C4H10O3/c1-2-3-4-5-7-10-8-6-9;5-1-3-7-4-2-6/h9H,2-8H2,1H3;5-6H,1-4H2. The van der Waals surface area contributed by atoms with Gasteiger partial charge in [-0.2, -0.15) is 0 Å². The molecule has 0 aromatic rings. The molecular formula is C12H28O5. The van der Waals surface area contributed by atoms with Gasteiger partial charge in [-0.25, -0.2) is 0 Å². The molecule has 0 radical (unpaired) electrons. The predicted molar refractivity (Wildman–Crippen MR) is 67.0 cm³/mol. The Morgan fingerprint density at radius 1 is 0.647 bits per heavy atom. The molecule has 0 atom stereocenters. The van der Waals surface area contributed by atoms with E-state index in [0.717, 1.165) is 13.0 Å². The average Bonchev–Trinajstić information content (AvgIpc) is 2.35. The maximum absolute atomic E-state index is 8.34. The van der Waals surface area contributed by atoms with Crippen molar-refractivity contribution in [1.82, 2.24) is 0 Å². The Labute approximate surface area is 104 Å². The molecule has 0 unspecified atom stereocenters. The molecule has 0 spiro atoms. The van der Waals surface area contributed by atoms with E-state index in [-0.39, 0.29) is 19.8 Å². The summed E-state index contributed by atoms with van der Waals surface area (Å²) in [5, 5.41) is 24.5. The zero-order valence-corrected chi connectivity index (χ0v) is 10.9.